The van der Waals surface area contributed by atoms with Crippen molar-refractivity contribution in [3.63, 3.8) is 0 Å². The lowest BCUT2D eigenvalue weighted by atomic mass is 10.2. The Hall–Kier alpha value is -0.530. The van der Waals surface area contributed by atoms with Crippen molar-refractivity contribution in [3.8, 4) is 0 Å². The summed E-state index contributed by atoms with van der Waals surface area (Å²) >= 11 is 0. The fourth-order valence-electron chi connectivity index (χ4n) is 0.490. The van der Waals surface area contributed by atoms with E-state index in [-0.39, 0.29) is 19.3 Å². The summed E-state index contributed by atoms with van der Waals surface area (Å²) < 4.78 is 35.1. The highest BCUT2D eigenvalue weighted by molar-refractivity contribution is 5.66. The Kier molecular flexibility index (Phi) is 1.89. The Balaban J connectivity index is 3.83. The highest BCUT2D eigenvalue weighted by atomic mass is 16.4. The van der Waals surface area contributed by atoms with Crippen molar-refractivity contribution in [1.29, 1.82) is 0 Å². The van der Waals surface area contributed by atoms with E-state index < -0.39 is 19.2 Å². The molecule has 0 saturated heterocycles. The average Bonchev–Trinajstić information content (AvgIpc) is 1.95. The van der Waals surface area contributed by atoms with Crippen LogP contribution < -0.4 is 0 Å². The molecule has 0 aromatic heterocycles. The van der Waals surface area contributed by atoms with Gasteiger partial charge in [0.05, 0.1) is 0 Å². The van der Waals surface area contributed by atoms with Crippen LogP contribution in [0.15, 0.2) is 0 Å². The monoisotopic (exact) mass is 135 g/mol. The van der Waals surface area contributed by atoms with Gasteiger partial charge in [-0.2, -0.15) is 0 Å². The molecule has 2 heteroatoms. The summed E-state index contributed by atoms with van der Waals surface area (Å²) in [4.78, 5) is 10.1. The van der Waals surface area contributed by atoms with E-state index in [2.05, 4.69) is 0 Å². The summed E-state index contributed by atoms with van der Waals surface area (Å²) in [6.45, 7) is -2.63. The highest BCUT2D eigenvalue weighted by Gasteiger charge is 1.93. The molecule has 0 aliphatic rings. The molecule has 54 valence electrons. The van der Waals surface area contributed by atoms with E-state index in [1.165, 1.54) is 0 Å². The molecule has 0 unspecified atom stereocenters. The molecule has 2 nitrogen and oxygen atoms in total. The lowest BCUT2D eigenvalue weighted by Gasteiger charge is -1.92. The first-order chi connectivity index (χ1) is 6.17. The molecule has 0 atom stereocenters. The van der Waals surface area contributed by atoms with Crippen molar-refractivity contribution in [3.05, 3.63) is 0 Å². The van der Waals surface area contributed by atoms with Crippen LogP contribution in [0.4, 0.5) is 0 Å². The molecule has 0 saturated carbocycles. The number of carboxylic acids is 1. The van der Waals surface area contributed by atoms with Crippen LogP contribution in [0.3, 0.4) is 0 Å². The number of rotatable bonds is 5. The molecule has 0 radical (unpaired) electrons. The van der Waals surface area contributed by atoms with E-state index in [4.69, 9.17) is 12.0 Å². The Morgan fingerprint density at radius 2 is 2.44 bits per heavy atom. The number of carbonyl (C=O) groups is 1. The fraction of sp³-hybridized carbons (Fsp3) is 0.857. The van der Waals surface area contributed by atoms with E-state index in [0.717, 1.165) is 0 Å². The highest BCUT2D eigenvalue weighted by Crippen LogP contribution is 2.01. The third-order valence-corrected chi connectivity index (χ3v) is 0.942. The summed E-state index contributed by atoms with van der Waals surface area (Å²) in [6, 6.07) is 0. The first-order valence-corrected chi connectivity index (χ1v) is 2.88. The summed E-state index contributed by atoms with van der Waals surface area (Å²) in [5.74, 6) is -0.945. The minimum Gasteiger partial charge on any atom is -0.481 e. The van der Waals surface area contributed by atoms with E-state index in [9.17, 15) is 4.79 Å². The summed E-state index contributed by atoms with van der Waals surface area (Å²) in [6.07, 6.45) is -1.80. The maximum Gasteiger partial charge on any atom is 0.303 e. The van der Waals surface area contributed by atoms with Crippen LogP contribution in [0, 0.1) is 0 Å². The molecule has 0 spiro atoms. The molecule has 0 aliphatic heterocycles. The quantitative estimate of drug-likeness (QED) is 0.586. The topological polar surface area (TPSA) is 37.3 Å². The van der Waals surface area contributed by atoms with Crippen molar-refractivity contribution in [1.82, 2.24) is 0 Å². The first kappa shape index (κ1) is 3.04. The van der Waals surface area contributed by atoms with Crippen molar-refractivity contribution < 1.29 is 16.8 Å². The Morgan fingerprint density at radius 1 is 1.67 bits per heavy atom. The fourth-order valence-corrected chi connectivity index (χ4v) is 0.490. The van der Waals surface area contributed by atoms with E-state index in [1.807, 2.05) is 0 Å². The van der Waals surface area contributed by atoms with E-state index in [0.29, 0.717) is 6.42 Å². The maximum atomic E-state index is 10.1. The minimum absolute atomic E-state index is 0.0446. The van der Waals surface area contributed by atoms with Crippen LogP contribution in [0.1, 0.15) is 45.8 Å². The number of aliphatic carboxylic acids is 1. The molecule has 0 bridgehead atoms. The van der Waals surface area contributed by atoms with Gasteiger partial charge in [-0.05, 0) is 6.42 Å². The molecule has 0 rings (SSSR count). The SMILES string of the molecule is [2H]C([2H])([2H])C([2H])([2H])CCCCC(=O)O. The second kappa shape index (κ2) is 5.60. The second-order valence-electron chi connectivity index (χ2n) is 1.78. The van der Waals surface area contributed by atoms with Gasteiger partial charge in [0.2, 0.25) is 0 Å². The molecule has 0 heterocycles. The zero-order valence-electron chi connectivity index (χ0n) is 10.2. The summed E-state index contributed by atoms with van der Waals surface area (Å²) in [5.41, 5.74) is 0. The van der Waals surface area contributed by atoms with E-state index in [1.54, 1.807) is 0 Å². The molecule has 9 heavy (non-hydrogen) atoms. The summed E-state index contributed by atoms with van der Waals surface area (Å²) in [5, 5.41) is 8.30. The Bertz CT molecular complexity index is 199. The van der Waals surface area contributed by atoms with Crippen molar-refractivity contribution in [2.45, 2.75) is 38.9 Å². The third kappa shape index (κ3) is 7.47. The average molecular weight is 135 g/mol. The zero-order chi connectivity index (χ0) is 11.4. The Labute approximate surface area is 62.9 Å². The van der Waals surface area contributed by atoms with Gasteiger partial charge >= 0.3 is 5.97 Å². The molecule has 0 aromatic carbocycles. The van der Waals surface area contributed by atoms with Gasteiger partial charge in [0.15, 0.2) is 0 Å². The smallest absolute Gasteiger partial charge is 0.303 e. The van der Waals surface area contributed by atoms with Crippen LogP contribution >= 0.6 is 0 Å². The van der Waals surface area contributed by atoms with Gasteiger partial charge in [-0.15, -0.1) is 0 Å². The first-order valence-electron chi connectivity index (χ1n) is 5.38. The van der Waals surface area contributed by atoms with Crippen molar-refractivity contribution in [2.24, 2.45) is 0 Å². The molecule has 1 N–H and O–H groups in total. The molecule has 0 fully saturated rings. The molecule has 0 aromatic rings. The molecule has 0 aliphatic carbocycles. The predicted octanol–water partition coefficient (Wildman–Crippen LogP) is 2.04. The zero-order valence-corrected chi connectivity index (χ0v) is 5.18. The normalized spacial score (nSPS) is 20.7. The van der Waals surface area contributed by atoms with Gasteiger partial charge in [0, 0.05) is 13.3 Å². The van der Waals surface area contributed by atoms with Crippen LogP contribution in [0.5, 0.6) is 0 Å². The van der Waals surface area contributed by atoms with E-state index >= 15 is 0 Å². The number of hydrogen-bond donors (Lipinski definition) is 1. The van der Waals surface area contributed by atoms with Crippen LogP contribution in [-0.4, -0.2) is 11.1 Å². The van der Waals surface area contributed by atoms with Crippen LogP contribution in [-0.2, 0) is 4.79 Å². The second-order valence-corrected chi connectivity index (χ2v) is 1.78. The van der Waals surface area contributed by atoms with Gasteiger partial charge in [-0.1, -0.05) is 26.1 Å². The number of carboxylic acid groups (broad SMARTS) is 1. The van der Waals surface area contributed by atoms with Gasteiger partial charge in [-0.3, -0.25) is 4.79 Å². The molecular weight excluding hydrogens is 116 g/mol. The number of unbranched alkanes of at least 4 members (excludes halogenated alkanes) is 1. The van der Waals surface area contributed by atoms with Gasteiger partial charge in [0.25, 0.3) is 0 Å². The van der Waals surface area contributed by atoms with Crippen LogP contribution in [0.2, 0.25) is 0 Å². The Morgan fingerprint density at radius 3 is 3.00 bits per heavy atom. The predicted molar refractivity (Wildman–Crippen MR) is 36.4 cm³/mol. The standard InChI is InChI=1S/C7H14O2/c1-2-3-4-5-6-7(8)9/h2-6H2,1H3,(H,8,9)/i1D3,2D2. The minimum atomic E-state index is -2.63. The van der Waals surface area contributed by atoms with Gasteiger partial charge in [-0.25, -0.2) is 0 Å². The molecular formula is C7H14O2. The maximum absolute atomic E-state index is 10.1. The molecule has 0 amide bonds. The lowest BCUT2D eigenvalue weighted by molar-refractivity contribution is -0.137. The third-order valence-electron chi connectivity index (χ3n) is 0.942. The lowest BCUT2D eigenvalue weighted by Crippen LogP contribution is -1.92. The van der Waals surface area contributed by atoms with Crippen LogP contribution in [0.25, 0.3) is 0 Å². The van der Waals surface area contributed by atoms with Crippen molar-refractivity contribution in [2.75, 3.05) is 0 Å². The van der Waals surface area contributed by atoms with Gasteiger partial charge < -0.3 is 5.11 Å². The van der Waals surface area contributed by atoms with Crippen molar-refractivity contribution >= 4 is 5.97 Å². The number of hydrogen-bond acceptors (Lipinski definition) is 1. The largest absolute Gasteiger partial charge is 0.481 e. The van der Waals surface area contributed by atoms with Gasteiger partial charge in [0.1, 0.15) is 0 Å². The summed E-state index contributed by atoms with van der Waals surface area (Å²) in [7, 11) is 0.